The predicted octanol–water partition coefficient (Wildman–Crippen LogP) is 5.32. The summed E-state index contributed by atoms with van der Waals surface area (Å²) in [6.07, 6.45) is 1.60. The van der Waals surface area contributed by atoms with Crippen molar-refractivity contribution in [2.24, 2.45) is 0 Å². The highest BCUT2D eigenvalue weighted by molar-refractivity contribution is 8.18. The number of halogens is 2. The van der Waals surface area contributed by atoms with Crippen LogP contribution in [0.2, 0.25) is 5.02 Å². The van der Waals surface area contributed by atoms with Crippen LogP contribution < -0.4 is 10.1 Å². The first-order valence-corrected chi connectivity index (χ1v) is 10.6. The number of rotatable bonds is 5. The Balaban J connectivity index is 1.57. The summed E-state index contributed by atoms with van der Waals surface area (Å²) < 4.78 is 18.7. The van der Waals surface area contributed by atoms with Crippen molar-refractivity contribution >= 4 is 63.0 Å². The zero-order chi connectivity index (χ0) is 22.8. The standard InChI is InChI=1S/C23H16ClFN2O4S/c1-31-19-9-6-13-4-2-3-5-15(13)16(19)11-20-22(29)27(23(30)32-20)12-21(28)26-14-7-8-18(25)17(24)10-14/h2-11H,12H2,1H3,(H,26,28)/b20-11+. The highest BCUT2D eigenvalue weighted by Crippen LogP contribution is 2.36. The molecule has 1 saturated heterocycles. The van der Waals surface area contributed by atoms with E-state index >= 15 is 0 Å². The van der Waals surface area contributed by atoms with Crippen molar-refractivity contribution in [3.05, 3.63) is 75.9 Å². The molecule has 0 unspecified atom stereocenters. The summed E-state index contributed by atoms with van der Waals surface area (Å²) in [5.74, 6) is -1.26. The molecule has 0 aliphatic carbocycles. The summed E-state index contributed by atoms with van der Waals surface area (Å²) in [4.78, 5) is 38.7. The number of thioether (sulfide) groups is 1. The molecule has 0 aromatic heterocycles. The Bertz CT molecular complexity index is 1290. The summed E-state index contributed by atoms with van der Waals surface area (Å²) in [5.41, 5.74) is 0.922. The molecule has 3 aromatic carbocycles. The van der Waals surface area contributed by atoms with Crippen LogP contribution in [0.3, 0.4) is 0 Å². The number of nitrogens with zero attached hydrogens (tertiary/aromatic N) is 1. The molecule has 1 aliphatic heterocycles. The minimum Gasteiger partial charge on any atom is -0.496 e. The summed E-state index contributed by atoms with van der Waals surface area (Å²) in [6.45, 7) is -0.482. The molecule has 3 aromatic rings. The Labute approximate surface area is 192 Å². The number of anilines is 1. The SMILES string of the molecule is COc1ccc2ccccc2c1/C=C1/SC(=O)N(CC(=O)Nc2ccc(F)c(Cl)c2)C1=O. The second-order valence-electron chi connectivity index (χ2n) is 6.85. The van der Waals surface area contributed by atoms with E-state index in [1.807, 2.05) is 30.3 Å². The highest BCUT2D eigenvalue weighted by atomic mass is 35.5. The first kappa shape index (κ1) is 21.9. The fourth-order valence-corrected chi connectivity index (χ4v) is 4.29. The van der Waals surface area contributed by atoms with Gasteiger partial charge in [0.25, 0.3) is 11.1 Å². The Morgan fingerprint density at radius 3 is 2.72 bits per heavy atom. The number of carbonyl (C=O) groups is 3. The second kappa shape index (κ2) is 9.02. The van der Waals surface area contributed by atoms with Crippen molar-refractivity contribution in [1.29, 1.82) is 0 Å². The molecule has 0 spiro atoms. The van der Waals surface area contributed by atoms with Gasteiger partial charge in [-0.05, 0) is 52.9 Å². The summed E-state index contributed by atoms with van der Waals surface area (Å²) in [5, 5.41) is 3.61. The third kappa shape index (κ3) is 4.32. The molecular weight excluding hydrogens is 455 g/mol. The normalized spacial score (nSPS) is 15.0. The number of carbonyl (C=O) groups excluding carboxylic acids is 3. The molecule has 32 heavy (non-hydrogen) atoms. The fourth-order valence-electron chi connectivity index (χ4n) is 3.29. The summed E-state index contributed by atoms with van der Waals surface area (Å²) >= 11 is 6.46. The van der Waals surface area contributed by atoms with Crippen LogP contribution in [-0.4, -0.2) is 35.6 Å². The first-order chi connectivity index (χ1) is 15.4. The molecule has 1 fully saturated rings. The largest absolute Gasteiger partial charge is 0.496 e. The van der Waals surface area contributed by atoms with Gasteiger partial charge in [-0.1, -0.05) is 41.9 Å². The van der Waals surface area contributed by atoms with Crippen molar-refractivity contribution < 1.29 is 23.5 Å². The monoisotopic (exact) mass is 470 g/mol. The predicted molar refractivity (Wildman–Crippen MR) is 123 cm³/mol. The molecule has 1 N–H and O–H groups in total. The third-order valence-electron chi connectivity index (χ3n) is 4.80. The van der Waals surface area contributed by atoms with Crippen LogP contribution in [0.4, 0.5) is 14.9 Å². The van der Waals surface area contributed by atoms with Gasteiger partial charge < -0.3 is 10.1 Å². The number of amides is 3. The molecule has 9 heteroatoms. The van der Waals surface area contributed by atoms with Crippen molar-refractivity contribution in [2.75, 3.05) is 19.0 Å². The van der Waals surface area contributed by atoms with E-state index < -0.39 is 29.4 Å². The minimum absolute atomic E-state index is 0.152. The zero-order valence-electron chi connectivity index (χ0n) is 16.7. The summed E-state index contributed by atoms with van der Waals surface area (Å²) in [7, 11) is 1.53. The van der Waals surface area contributed by atoms with Gasteiger partial charge in [0.1, 0.15) is 18.1 Å². The number of hydrogen-bond acceptors (Lipinski definition) is 5. The minimum atomic E-state index is -0.621. The number of ether oxygens (including phenoxy) is 1. The van der Waals surface area contributed by atoms with Crippen molar-refractivity contribution in [2.45, 2.75) is 0 Å². The molecule has 0 saturated carbocycles. The lowest BCUT2D eigenvalue weighted by Crippen LogP contribution is -2.36. The first-order valence-electron chi connectivity index (χ1n) is 9.43. The number of hydrogen-bond donors (Lipinski definition) is 1. The zero-order valence-corrected chi connectivity index (χ0v) is 18.3. The van der Waals surface area contributed by atoms with E-state index in [2.05, 4.69) is 5.32 Å². The van der Waals surface area contributed by atoms with Gasteiger partial charge in [-0.2, -0.15) is 0 Å². The molecule has 6 nitrogen and oxygen atoms in total. The topological polar surface area (TPSA) is 75.7 Å². The Morgan fingerprint density at radius 1 is 1.19 bits per heavy atom. The van der Waals surface area contributed by atoms with Gasteiger partial charge >= 0.3 is 0 Å². The lowest BCUT2D eigenvalue weighted by atomic mass is 10.0. The van der Waals surface area contributed by atoms with Gasteiger partial charge in [-0.15, -0.1) is 0 Å². The van der Waals surface area contributed by atoms with Gasteiger partial charge in [-0.3, -0.25) is 19.3 Å². The average molecular weight is 471 g/mol. The van der Waals surface area contributed by atoms with Gasteiger partial charge in [0.05, 0.1) is 17.0 Å². The Kier molecular flexibility index (Phi) is 6.16. The second-order valence-corrected chi connectivity index (χ2v) is 8.25. The maximum absolute atomic E-state index is 13.3. The van der Waals surface area contributed by atoms with Crippen LogP contribution in [0.15, 0.2) is 59.5 Å². The van der Waals surface area contributed by atoms with Crippen LogP contribution in [0.5, 0.6) is 5.75 Å². The number of fused-ring (bicyclic) bond motifs is 1. The van der Waals surface area contributed by atoms with E-state index in [4.69, 9.17) is 16.3 Å². The Hall–Kier alpha value is -3.36. The van der Waals surface area contributed by atoms with Crippen molar-refractivity contribution in [1.82, 2.24) is 4.90 Å². The third-order valence-corrected chi connectivity index (χ3v) is 6.00. The molecule has 0 atom stereocenters. The van der Waals surface area contributed by atoms with Gasteiger partial charge in [0.15, 0.2) is 0 Å². The van der Waals surface area contributed by atoms with E-state index in [1.54, 1.807) is 12.1 Å². The highest BCUT2D eigenvalue weighted by Gasteiger charge is 2.36. The van der Waals surface area contributed by atoms with Crippen LogP contribution >= 0.6 is 23.4 Å². The lowest BCUT2D eigenvalue weighted by Gasteiger charge is -2.13. The maximum Gasteiger partial charge on any atom is 0.294 e. The van der Waals surface area contributed by atoms with Gasteiger partial charge in [0.2, 0.25) is 5.91 Å². The smallest absolute Gasteiger partial charge is 0.294 e. The van der Waals surface area contributed by atoms with E-state index in [1.165, 1.54) is 19.2 Å². The number of imide groups is 1. The summed E-state index contributed by atoms with van der Waals surface area (Å²) in [6, 6.07) is 15.0. The van der Waals surface area contributed by atoms with E-state index in [9.17, 15) is 18.8 Å². The molecule has 1 heterocycles. The fraction of sp³-hybridized carbons (Fsp3) is 0.0870. The van der Waals surface area contributed by atoms with Crippen molar-refractivity contribution in [3.63, 3.8) is 0 Å². The molecule has 0 bridgehead atoms. The van der Waals surface area contributed by atoms with Gasteiger partial charge in [-0.25, -0.2) is 4.39 Å². The van der Waals surface area contributed by atoms with E-state index in [0.717, 1.165) is 33.5 Å². The molecule has 0 radical (unpaired) electrons. The molecule has 3 amide bonds. The van der Waals surface area contributed by atoms with E-state index in [-0.39, 0.29) is 15.6 Å². The number of benzene rings is 3. The maximum atomic E-state index is 13.3. The number of methoxy groups -OCH3 is 1. The number of nitrogens with one attached hydrogen (secondary N) is 1. The lowest BCUT2D eigenvalue weighted by molar-refractivity contribution is -0.127. The van der Waals surface area contributed by atoms with E-state index in [0.29, 0.717) is 11.3 Å². The van der Waals surface area contributed by atoms with Crippen LogP contribution in [-0.2, 0) is 9.59 Å². The average Bonchev–Trinajstić information content (AvgIpc) is 3.04. The molecule has 1 aliphatic rings. The van der Waals surface area contributed by atoms with Crippen molar-refractivity contribution in [3.8, 4) is 5.75 Å². The molecule has 4 rings (SSSR count). The quantitative estimate of drug-likeness (QED) is 0.511. The van der Waals surface area contributed by atoms with Crippen LogP contribution in [0, 0.1) is 5.82 Å². The van der Waals surface area contributed by atoms with Gasteiger partial charge in [0, 0.05) is 11.3 Å². The van der Waals surface area contributed by atoms with Crippen LogP contribution in [0.25, 0.3) is 16.8 Å². The Morgan fingerprint density at radius 2 is 1.97 bits per heavy atom. The molecule has 162 valence electrons. The van der Waals surface area contributed by atoms with Crippen LogP contribution in [0.1, 0.15) is 5.56 Å². The molecular formula is C23H16ClFN2O4S.